The summed E-state index contributed by atoms with van der Waals surface area (Å²) >= 11 is 0. The molecule has 2 aromatic rings. The molecule has 8 heteroatoms. The van der Waals surface area contributed by atoms with Crippen LogP contribution in [0.3, 0.4) is 0 Å². The molecule has 0 bridgehead atoms. The number of rotatable bonds is 6. The van der Waals surface area contributed by atoms with Crippen LogP contribution in [-0.4, -0.2) is 48.3 Å². The third-order valence-electron chi connectivity index (χ3n) is 4.03. The van der Waals surface area contributed by atoms with Crippen molar-refractivity contribution < 1.29 is 9.53 Å². The van der Waals surface area contributed by atoms with E-state index in [2.05, 4.69) is 44.1 Å². The van der Waals surface area contributed by atoms with Gasteiger partial charge in [0.1, 0.15) is 5.60 Å². The number of aliphatic imine (C=N–C) groups is 1. The summed E-state index contributed by atoms with van der Waals surface area (Å²) in [7, 11) is 1.73. The first kappa shape index (κ1) is 25.1. The topological polar surface area (TPSA) is 90.5 Å². The van der Waals surface area contributed by atoms with Crippen LogP contribution in [0.2, 0.25) is 0 Å². The Morgan fingerprint density at radius 1 is 1.14 bits per heavy atom. The van der Waals surface area contributed by atoms with Gasteiger partial charge in [-0.15, -0.1) is 24.0 Å². The smallest absolute Gasteiger partial charge is 0.408 e. The molecule has 29 heavy (non-hydrogen) atoms. The summed E-state index contributed by atoms with van der Waals surface area (Å²) < 4.78 is 5.32. The number of benzene rings is 1. The van der Waals surface area contributed by atoms with Gasteiger partial charge in [-0.1, -0.05) is 18.2 Å². The molecule has 0 aliphatic rings. The lowest BCUT2D eigenvalue weighted by Gasteiger charge is -2.29. The standard InChI is InChI=1S/C21H33N5O2.HI/c1-20(2,3)28-19(27)26-21(4,5)14-24-18(22-6)23-12-11-16-13-15-9-7-8-10-17(15)25-16;/h7-10,13,25H,11-12,14H2,1-6H3,(H,26,27)(H2,22,23,24);1H. The SMILES string of the molecule is CN=C(NCCc1cc2ccccc2[nH]1)NCC(C)(C)NC(=O)OC(C)(C)C.I. The zero-order valence-electron chi connectivity index (χ0n) is 18.2. The summed E-state index contributed by atoms with van der Waals surface area (Å²) in [4.78, 5) is 19.6. The Hall–Kier alpha value is -1.97. The summed E-state index contributed by atoms with van der Waals surface area (Å²) in [6.45, 7) is 10.7. The normalized spacial score (nSPS) is 12.3. The highest BCUT2D eigenvalue weighted by Gasteiger charge is 2.24. The number of fused-ring (bicyclic) bond motifs is 1. The number of aromatic amines is 1. The van der Waals surface area contributed by atoms with Gasteiger partial charge in [-0.25, -0.2) is 4.79 Å². The summed E-state index contributed by atoms with van der Waals surface area (Å²) in [6.07, 6.45) is 0.427. The van der Waals surface area contributed by atoms with E-state index in [9.17, 15) is 4.79 Å². The van der Waals surface area contributed by atoms with Gasteiger partial charge >= 0.3 is 6.09 Å². The van der Waals surface area contributed by atoms with E-state index in [4.69, 9.17) is 4.74 Å². The lowest BCUT2D eigenvalue weighted by Crippen LogP contribution is -2.54. The second kappa shape index (κ2) is 10.7. The minimum absolute atomic E-state index is 0. The van der Waals surface area contributed by atoms with Gasteiger partial charge in [0.25, 0.3) is 0 Å². The third-order valence-corrected chi connectivity index (χ3v) is 4.03. The highest BCUT2D eigenvalue weighted by molar-refractivity contribution is 14.0. The number of nitrogens with one attached hydrogen (secondary N) is 4. The molecule has 0 atom stereocenters. The first-order valence-corrected chi connectivity index (χ1v) is 9.60. The molecule has 0 aliphatic heterocycles. The van der Waals surface area contributed by atoms with Crippen molar-refractivity contribution in [3.05, 3.63) is 36.0 Å². The molecule has 0 aliphatic carbocycles. The fourth-order valence-corrected chi connectivity index (χ4v) is 2.73. The summed E-state index contributed by atoms with van der Waals surface area (Å²) in [5, 5.41) is 10.6. The molecule has 1 aromatic carbocycles. The van der Waals surface area contributed by atoms with E-state index in [1.807, 2.05) is 46.8 Å². The van der Waals surface area contributed by atoms with Crippen molar-refractivity contribution in [2.45, 2.75) is 52.2 Å². The van der Waals surface area contributed by atoms with Gasteiger partial charge in [0, 0.05) is 37.8 Å². The van der Waals surface area contributed by atoms with Crippen LogP contribution < -0.4 is 16.0 Å². The maximum Gasteiger partial charge on any atom is 0.408 e. The van der Waals surface area contributed by atoms with E-state index in [0.717, 1.165) is 18.5 Å². The van der Waals surface area contributed by atoms with Crippen molar-refractivity contribution >= 4 is 46.9 Å². The number of ether oxygens (including phenoxy) is 1. The zero-order chi connectivity index (χ0) is 20.8. The monoisotopic (exact) mass is 515 g/mol. The number of carbonyl (C=O) groups is 1. The van der Waals surface area contributed by atoms with Crippen molar-refractivity contribution in [3.63, 3.8) is 0 Å². The number of hydrogen-bond acceptors (Lipinski definition) is 3. The van der Waals surface area contributed by atoms with E-state index in [1.165, 1.54) is 11.1 Å². The maximum absolute atomic E-state index is 12.0. The number of H-pyrrole nitrogens is 1. The van der Waals surface area contributed by atoms with E-state index < -0.39 is 17.2 Å². The Morgan fingerprint density at radius 3 is 2.45 bits per heavy atom. The van der Waals surface area contributed by atoms with Crippen LogP contribution in [0.1, 0.15) is 40.3 Å². The predicted molar refractivity (Wildman–Crippen MR) is 130 cm³/mol. The fourth-order valence-electron chi connectivity index (χ4n) is 2.73. The Bertz CT molecular complexity index is 791. The van der Waals surface area contributed by atoms with Crippen molar-refractivity contribution in [3.8, 4) is 0 Å². The quantitative estimate of drug-likeness (QED) is 0.268. The summed E-state index contributed by atoms with van der Waals surface area (Å²) in [6, 6.07) is 10.4. The van der Waals surface area contributed by atoms with Gasteiger partial charge in [0.15, 0.2) is 5.96 Å². The fraction of sp³-hybridized carbons (Fsp3) is 0.524. The van der Waals surface area contributed by atoms with Gasteiger partial charge in [0.2, 0.25) is 0 Å². The Morgan fingerprint density at radius 2 is 1.83 bits per heavy atom. The molecular formula is C21H34IN5O2. The summed E-state index contributed by atoms with van der Waals surface area (Å²) in [5.41, 5.74) is 1.32. The molecule has 0 fully saturated rings. The molecule has 162 valence electrons. The van der Waals surface area contributed by atoms with Gasteiger partial charge in [-0.05, 0) is 52.1 Å². The lowest BCUT2D eigenvalue weighted by molar-refractivity contribution is 0.0474. The molecule has 1 aromatic heterocycles. The molecule has 4 N–H and O–H groups in total. The predicted octanol–water partition coefficient (Wildman–Crippen LogP) is 3.80. The van der Waals surface area contributed by atoms with Crippen LogP contribution >= 0.6 is 24.0 Å². The average Bonchev–Trinajstić information content (AvgIpc) is 2.98. The average molecular weight is 515 g/mol. The Balaban J connectivity index is 0.00000420. The van der Waals surface area contributed by atoms with Crippen molar-refractivity contribution in [1.82, 2.24) is 20.9 Å². The number of carbonyl (C=O) groups excluding carboxylic acids is 1. The van der Waals surface area contributed by atoms with Crippen LogP contribution in [0, 0.1) is 0 Å². The van der Waals surface area contributed by atoms with Crippen LogP contribution in [0.5, 0.6) is 0 Å². The highest BCUT2D eigenvalue weighted by atomic mass is 127. The number of hydrogen-bond donors (Lipinski definition) is 4. The highest BCUT2D eigenvalue weighted by Crippen LogP contribution is 2.14. The number of aromatic nitrogens is 1. The number of nitrogens with zero attached hydrogens (tertiary/aromatic N) is 1. The number of alkyl carbamates (subject to hydrolysis) is 1. The molecule has 1 amide bonds. The summed E-state index contributed by atoms with van der Waals surface area (Å²) in [5.74, 6) is 0.690. The maximum atomic E-state index is 12.0. The van der Waals surface area contributed by atoms with Crippen molar-refractivity contribution in [1.29, 1.82) is 0 Å². The molecule has 7 nitrogen and oxygen atoms in total. The molecule has 2 rings (SSSR count). The largest absolute Gasteiger partial charge is 0.444 e. The van der Waals surface area contributed by atoms with Crippen molar-refractivity contribution in [2.75, 3.05) is 20.1 Å². The molecule has 0 radical (unpaired) electrons. The van der Waals surface area contributed by atoms with Gasteiger partial charge in [0.05, 0.1) is 5.54 Å². The minimum Gasteiger partial charge on any atom is -0.444 e. The molecule has 0 unspecified atom stereocenters. The molecular weight excluding hydrogens is 481 g/mol. The minimum atomic E-state index is -0.520. The Labute approximate surface area is 190 Å². The molecule has 0 saturated carbocycles. The second-order valence-corrected chi connectivity index (χ2v) is 8.50. The third kappa shape index (κ3) is 8.93. The molecule has 0 spiro atoms. The first-order valence-electron chi connectivity index (χ1n) is 9.60. The molecule has 1 heterocycles. The lowest BCUT2D eigenvalue weighted by atomic mass is 10.1. The second-order valence-electron chi connectivity index (χ2n) is 8.50. The Kier molecular flexibility index (Phi) is 9.25. The van der Waals surface area contributed by atoms with E-state index in [-0.39, 0.29) is 24.0 Å². The van der Waals surface area contributed by atoms with Crippen LogP contribution in [0.4, 0.5) is 4.79 Å². The zero-order valence-corrected chi connectivity index (χ0v) is 20.5. The number of guanidine groups is 1. The van der Waals surface area contributed by atoms with Gasteiger partial charge in [-0.3, -0.25) is 4.99 Å². The van der Waals surface area contributed by atoms with Crippen LogP contribution in [0.15, 0.2) is 35.3 Å². The number of amides is 1. The van der Waals surface area contributed by atoms with Crippen molar-refractivity contribution in [2.24, 2.45) is 4.99 Å². The van der Waals surface area contributed by atoms with E-state index in [0.29, 0.717) is 12.5 Å². The van der Waals surface area contributed by atoms with Crippen LogP contribution in [-0.2, 0) is 11.2 Å². The van der Waals surface area contributed by atoms with Gasteiger partial charge in [-0.2, -0.15) is 0 Å². The molecule has 0 saturated heterocycles. The van der Waals surface area contributed by atoms with E-state index in [1.54, 1.807) is 7.05 Å². The number of halogens is 1. The van der Waals surface area contributed by atoms with E-state index >= 15 is 0 Å². The van der Waals surface area contributed by atoms with Crippen LogP contribution in [0.25, 0.3) is 10.9 Å². The first-order chi connectivity index (χ1) is 13.1. The number of para-hydroxylation sites is 1. The van der Waals surface area contributed by atoms with Gasteiger partial charge < -0.3 is 25.7 Å².